The van der Waals surface area contributed by atoms with Gasteiger partial charge in [-0.3, -0.25) is 0 Å². The van der Waals surface area contributed by atoms with E-state index in [4.69, 9.17) is 14.2 Å². The summed E-state index contributed by atoms with van der Waals surface area (Å²) >= 11 is 0. The number of benzene rings is 4. The molecule has 4 aliphatic rings. The highest BCUT2D eigenvalue weighted by atomic mass is 16.5. The third kappa shape index (κ3) is 8.26. The topological polar surface area (TPSA) is 65.0 Å². The molecule has 0 bridgehead atoms. The maximum atomic E-state index is 11.6. The van der Waals surface area contributed by atoms with Crippen LogP contribution in [-0.4, -0.2) is 30.4 Å². The monoisotopic (exact) mass is 664 g/mol. The van der Waals surface area contributed by atoms with E-state index in [2.05, 4.69) is 30.3 Å². The van der Waals surface area contributed by atoms with Crippen molar-refractivity contribution in [3.8, 4) is 11.5 Å². The van der Waals surface area contributed by atoms with Crippen LogP contribution in [0.4, 0.5) is 0 Å². The third-order valence-electron chi connectivity index (χ3n) is 12.2. The van der Waals surface area contributed by atoms with Gasteiger partial charge in [-0.25, -0.2) is 4.79 Å². The van der Waals surface area contributed by atoms with Crippen LogP contribution in [-0.2, 0) is 11.3 Å². The molecule has 5 nitrogen and oxygen atoms in total. The largest absolute Gasteiger partial charge is 0.490 e. The highest BCUT2D eigenvalue weighted by Crippen LogP contribution is 2.50. The van der Waals surface area contributed by atoms with Crippen LogP contribution in [0.1, 0.15) is 126 Å². The molecule has 4 saturated carbocycles. The molecule has 5 heteroatoms. The van der Waals surface area contributed by atoms with Crippen molar-refractivity contribution in [3.63, 3.8) is 0 Å². The summed E-state index contributed by atoms with van der Waals surface area (Å²) in [5.74, 6) is 1.62. The maximum Gasteiger partial charge on any atom is 0.337 e. The number of carbonyl (C=O) groups excluding carboxylic acids is 1. The Labute approximate surface area is 293 Å². The zero-order valence-electron chi connectivity index (χ0n) is 28.7. The molecule has 262 valence electrons. The van der Waals surface area contributed by atoms with Crippen molar-refractivity contribution in [1.29, 1.82) is 0 Å². The van der Waals surface area contributed by atoms with Crippen molar-refractivity contribution in [1.82, 2.24) is 0 Å². The van der Waals surface area contributed by atoms with Crippen molar-refractivity contribution in [2.75, 3.05) is 7.11 Å². The minimum Gasteiger partial charge on any atom is -0.490 e. The molecule has 2 spiro atoms. The van der Waals surface area contributed by atoms with Gasteiger partial charge in [0.1, 0.15) is 11.5 Å². The molecule has 0 radical (unpaired) electrons. The molecule has 0 saturated heterocycles. The summed E-state index contributed by atoms with van der Waals surface area (Å²) in [4.78, 5) is 11.6. The number of carbonyl (C=O) groups is 1. The molecule has 0 aromatic heterocycles. The summed E-state index contributed by atoms with van der Waals surface area (Å²) < 4.78 is 17.3. The predicted molar refractivity (Wildman–Crippen MR) is 199 cm³/mol. The van der Waals surface area contributed by atoms with E-state index in [1.165, 1.54) is 115 Å². The van der Waals surface area contributed by atoms with Gasteiger partial charge in [-0.2, -0.15) is 0 Å². The fourth-order valence-electron chi connectivity index (χ4n) is 9.26. The summed E-state index contributed by atoms with van der Waals surface area (Å²) in [7, 11) is 1.41. The number of esters is 1. The zero-order chi connectivity index (χ0) is 33.0. The van der Waals surface area contributed by atoms with Gasteiger partial charge in [-0.1, -0.05) is 63.4 Å². The molecule has 4 fully saturated rings. The summed E-state index contributed by atoms with van der Waals surface area (Å²) in [5, 5.41) is 13.7. The number of fused-ring (bicyclic) bond motifs is 2. The Bertz CT molecular complexity index is 1690. The summed E-state index contributed by atoms with van der Waals surface area (Å²) in [5.41, 5.74) is 2.86. The Hall–Kier alpha value is -3.57. The van der Waals surface area contributed by atoms with Gasteiger partial charge in [0, 0.05) is 0 Å². The fourth-order valence-corrected chi connectivity index (χ4v) is 9.26. The van der Waals surface area contributed by atoms with Gasteiger partial charge in [0.2, 0.25) is 0 Å². The van der Waals surface area contributed by atoms with Gasteiger partial charge in [0.05, 0.1) is 31.5 Å². The van der Waals surface area contributed by atoms with Crippen LogP contribution in [0.5, 0.6) is 11.5 Å². The van der Waals surface area contributed by atoms with Crippen LogP contribution in [0.2, 0.25) is 0 Å². The van der Waals surface area contributed by atoms with Gasteiger partial charge in [-0.15, -0.1) is 0 Å². The SMILES string of the molecule is C.COC(=O)c1ccc2cc(OC3CCC4(CCCC4)CC3)ccc2c1.OCc1ccc2cc(OC3CCC4(CCCC4)CC3)ccc2c1. The van der Waals surface area contributed by atoms with Gasteiger partial charge < -0.3 is 19.3 Å². The van der Waals surface area contributed by atoms with E-state index in [1.54, 1.807) is 0 Å². The summed E-state index contributed by atoms with van der Waals surface area (Å²) in [6, 6.07) is 24.2. The van der Waals surface area contributed by atoms with E-state index < -0.39 is 0 Å². The molecule has 49 heavy (non-hydrogen) atoms. The van der Waals surface area contributed by atoms with Crippen molar-refractivity contribution >= 4 is 27.5 Å². The van der Waals surface area contributed by atoms with E-state index in [9.17, 15) is 9.90 Å². The lowest BCUT2D eigenvalue weighted by Crippen LogP contribution is -2.30. The highest BCUT2D eigenvalue weighted by Gasteiger charge is 2.39. The van der Waals surface area contributed by atoms with Crippen molar-refractivity contribution < 1.29 is 24.1 Å². The first-order valence-corrected chi connectivity index (χ1v) is 18.5. The van der Waals surface area contributed by atoms with Gasteiger partial charge in [-0.05, 0) is 157 Å². The van der Waals surface area contributed by atoms with Gasteiger partial charge >= 0.3 is 5.97 Å². The minimum atomic E-state index is -0.301. The molecule has 4 aliphatic carbocycles. The molecule has 4 aromatic rings. The number of hydrogen-bond acceptors (Lipinski definition) is 5. The Balaban J connectivity index is 0.000000167. The van der Waals surface area contributed by atoms with Crippen LogP contribution >= 0.6 is 0 Å². The Morgan fingerprint density at radius 2 is 1.04 bits per heavy atom. The van der Waals surface area contributed by atoms with Crippen LogP contribution in [0.3, 0.4) is 0 Å². The lowest BCUT2D eigenvalue weighted by atomic mass is 9.72. The standard InChI is InChI=1S/C22H26O3.C21H26O2.CH4/c1-24-21(23)18-5-4-17-15-20(7-6-16(17)14-18)25-19-8-12-22(13-9-19)10-2-3-11-22;22-15-16-3-4-18-14-20(6-5-17(18)13-16)23-19-7-11-21(12-8-19)9-1-2-10-21;/h4-7,14-15,19H,2-3,8-13H2,1H3;3-6,13-14,19,22H,1-2,7-12,15H2;1H4. The van der Waals surface area contributed by atoms with Crippen molar-refractivity contribution in [3.05, 3.63) is 83.9 Å². The molecule has 0 aliphatic heterocycles. The number of rotatable bonds is 6. The number of hydrogen-bond donors (Lipinski definition) is 1. The second kappa shape index (κ2) is 15.5. The van der Waals surface area contributed by atoms with Crippen LogP contribution in [0.25, 0.3) is 21.5 Å². The van der Waals surface area contributed by atoms with E-state index in [-0.39, 0.29) is 20.0 Å². The molecule has 8 rings (SSSR count). The Morgan fingerprint density at radius 3 is 1.51 bits per heavy atom. The molecule has 4 aromatic carbocycles. The molecule has 0 heterocycles. The maximum absolute atomic E-state index is 11.6. The Morgan fingerprint density at radius 1 is 0.612 bits per heavy atom. The van der Waals surface area contributed by atoms with E-state index in [0.717, 1.165) is 33.2 Å². The second-order valence-corrected chi connectivity index (χ2v) is 15.3. The molecule has 1 N–H and O–H groups in total. The number of aliphatic hydroxyl groups is 1. The summed E-state index contributed by atoms with van der Waals surface area (Å²) in [6.07, 6.45) is 22.3. The number of aliphatic hydroxyl groups excluding tert-OH is 1. The normalized spacial score (nSPS) is 21.2. The Kier molecular flexibility index (Phi) is 11.2. The fraction of sp³-hybridized carbons (Fsp3) is 0.523. The van der Waals surface area contributed by atoms with Gasteiger partial charge in [0.25, 0.3) is 0 Å². The van der Waals surface area contributed by atoms with Crippen molar-refractivity contribution in [2.24, 2.45) is 10.8 Å². The highest BCUT2D eigenvalue weighted by molar-refractivity contribution is 5.95. The molecule has 0 amide bonds. The smallest absolute Gasteiger partial charge is 0.337 e. The minimum absolute atomic E-state index is 0. The first-order valence-electron chi connectivity index (χ1n) is 18.5. The molecule has 0 atom stereocenters. The first-order chi connectivity index (χ1) is 23.4. The van der Waals surface area contributed by atoms with Crippen LogP contribution < -0.4 is 9.47 Å². The van der Waals surface area contributed by atoms with Crippen LogP contribution in [0.15, 0.2) is 72.8 Å². The molecular weight excluding hydrogens is 608 g/mol. The number of ether oxygens (including phenoxy) is 3. The van der Waals surface area contributed by atoms with E-state index >= 15 is 0 Å². The second-order valence-electron chi connectivity index (χ2n) is 15.3. The van der Waals surface area contributed by atoms with E-state index in [1.807, 2.05) is 42.5 Å². The third-order valence-corrected chi connectivity index (χ3v) is 12.2. The van der Waals surface area contributed by atoms with Crippen LogP contribution in [0, 0.1) is 10.8 Å². The van der Waals surface area contributed by atoms with E-state index in [0.29, 0.717) is 28.6 Å². The van der Waals surface area contributed by atoms with Crippen molar-refractivity contribution in [2.45, 2.75) is 129 Å². The average molecular weight is 665 g/mol. The quantitative estimate of drug-likeness (QED) is 0.208. The number of methoxy groups -OCH3 is 1. The summed E-state index contributed by atoms with van der Waals surface area (Å²) in [6.45, 7) is 0.0953. The lowest BCUT2D eigenvalue weighted by molar-refractivity contribution is 0.0601. The first kappa shape index (κ1) is 35.3. The van der Waals surface area contributed by atoms with Gasteiger partial charge in [0.15, 0.2) is 0 Å². The molecule has 0 unspecified atom stereocenters. The zero-order valence-corrected chi connectivity index (χ0v) is 28.7. The predicted octanol–water partition coefficient (Wildman–Crippen LogP) is 11.4. The molecular formula is C44H56O5. The lowest BCUT2D eigenvalue weighted by Gasteiger charge is -2.37. The average Bonchev–Trinajstić information content (AvgIpc) is 3.80.